The molecule has 0 aliphatic rings. The second-order valence-electron chi connectivity index (χ2n) is 4.30. The van der Waals surface area contributed by atoms with Gasteiger partial charge in [-0.1, -0.05) is 55.8 Å². The molecule has 0 saturated heterocycles. The van der Waals surface area contributed by atoms with Crippen molar-refractivity contribution in [1.82, 2.24) is 0 Å². The Morgan fingerprint density at radius 3 is 2.33 bits per heavy atom. The van der Waals surface area contributed by atoms with Crippen LogP contribution in [0.2, 0.25) is 0 Å². The second kappa shape index (κ2) is 5.50. The number of hydrogen-bond acceptors (Lipinski definition) is 1. The minimum atomic E-state index is -0.886. The fourth-order valence-electron chi connectivity index (χ4n) is 2.06. The smallest absolute Gasteiger partial charge is 0.336 e. The second-order valence-corrected chi connectivity index (χ2v) is 4.30. The van der Waals surface area contributed by atoms with Gasteiger partial charge in [-0.25, -0.2) is 4.79 Å². The molecule has 2 rings (SSSR count). The van der Waals surface area contributed by atoms with E-state index in [0.717, 1.165) is 24.0 Å². The Labute approximate surface area is 107 Å². The molecule has 92 valence electrons. The van der Waals surface area contributed by atoms with Crippen molar-refractivity contribution >= 4 is 5.97 Å². The van der Waals surface area contributed by atoms with Gasteiger partial charge in [0.05, 0.1) is 5.56 Å². The third kappa shape index (κ3) is 2.59. The Bertz CT molecular complexity index is 541. The standard InChI is InChI=1S/C16H16O2/c1-2-5-12-8-10-13(11-9-12)14-6-3-4-7-15(14)16(17)18/h3-4,6-11H,2,5H2,1H3,(H,17,18). The zero-order valence-corrected chi connectivity index (χ0v) is 10.4. The molecule has 0 aliphatic carbocycles. The molecule has 2 aromatic carbocycles. The van der Waals surface area contributed by atoms with E-state index in [1.807, 2.05) is 24.3 Å². The maximum absolute atomic E-state index is 11.2. The number of aromatic carboxylic acids is 1. The first-order chi connectivity index (χ1) is 8.72. The van der Waals surface area contributed by atoms with Crippen molar-refractivity contribution in [3.63, 3.8) is 0 Å². The summed E-state index contributed by atoms with van der Waals surface area (Å²) in [7, 11) is 0. The highest BCUT2D eigenvalue weighted by Crippen LogP contribution is 2.24. The highest BCUT2D eigenvalue weighted by molar-refractivity contribution is 5.95. The van der Waals surface area contributed by atoms with E-state index in [1.165, 1.54) is 5.56 Å². The van der Waals surface area contributed by atoms with E-state index in [-0.39, 0.29) is 0 Å². The third-order valence-electron chi connectivity index (χ3n) is 2.96. The van der Waals surface area contributed by atoms with Gasteiger partial charge in [-0.2, -0.15) is 0 Å². The summed E-state index contributed by atoms with van der Waals surface area (Å²) in [5.74, 6) is -0.886. The lowest BCUT2D eigenvalue weighted by Crippen LogP contribution is -1.99. The zero-order valence-electron chi connectivity index (χ0n) is 10.4. The number of rotatable bonds is 4. The summed E-state index contributed by atoms with van der Waals surface area (Å²) < 4.78 is 0. The number of aryl methyl sites for hydroxylation is 1. The topological polar surface area (TPSA) is 37.3 Å². The lowest BCUT2D eigenvalue weighted by Gasteiger charge is -2.07. The summed E-state index contributed by atoms with van der Waals surface area (Å²) >= 11 is 0. The van der Waals surface area contributed by atoms with Crippen molar-refractivity contribution in [3.05, 3.63) is 59.7 Å². The van der Waals surface area contributed by atoms with Crippen molar-refractivity contribution in [2.24, 2.45) is 0 Å². The minimum absolute atomic E-state index is 0.348. The summed E-state index contributed by atoms with van der Waals surface area (Å²) in [6, 6.07) is 15.2. The van der Waals surface area contributed by atoms with Gasteiger partial charge in [0.15, 0.2) is 0 Å². The van der Waals surface area contributed by atoms with E-state index in [1.54, 1.807) is 12.1 Å². The van der Waals surface area contributed by atoms with Gasteiger partial charge in [0, 0.05) is 0 Å². The fraction of sp³-hybridized carbons (Fsp3) is 0.188. The zero-order chi connectivity index (χ0) is 13.0. The van der Waals surface area contributed by atoms with Crippen molar-refractivity contribution in [2.45, 2.75) is 19.8 Å². The van der Waals surface area contributed by atoms with Crippen LogP contribution in [0.25, 0.3) is 11.1 Å². The quantitative estimate of drug-likeness (QED) is 0.876. The van der Waals surface area contributed by atoms with Crippen LogP contribution in [-0.4, -0.2) is 11.1 Å². The van der Waals surface area contributed by atoms with E-state index in [2.05, 4.69) is 19.1 Å². The van der Waals surface area contributed by atoms with Crippen LogP contribution in [0.5, 0.6) is 0 Å². The van der Waals surface area contributed by atoms with Crippen LogP contribution in [0.3, 0.4) is 0 Å². The molecule has 0 radical (unpaired) electrons. The third-order valence-corrected chi connectivity index (χ3v) is 2.96. The molecule has 2 aromatic rings. The molecule has 18 heavy (non-hydrogen) atoms. The van der Waals surface area contributed by atoms with Gasteiger partial charge in [-0.3, -0.25) is 0 Å². The van der Waals surface area contributed by atoms with E-state index in [9.17, 15) is 4.79 Å². The SMILES string of the molecule is CCCc1ccc(-c2ccccc2C(=O)O)cc1. The molecule has 0 spiro atoms. The first-order valence-corrected chi connectivity index (χ1v) is 6.14. The Morgan fingerprint density at radius 2 is 1.72 bits per heavy atom. The number of carboxylic acid groups (broad SMARTS) is 1. The molecule has 0 heterocycles. The summed E-state index contributed by atoms with van der Waals surface area (Å²) in [5, 5.41) is 9.17. The molecule has 2 nitrogen and oxygen atoms in total. The molecule has 0 amide bonds. The van der Waals surface area contributed by atoms with Crippen molar-refractivity contribution in [2.75, 3.05) is 0 Å². The van der Waals surface area contributed by atoms with Gasteiger partial charge in [-0.05, 0) is 29.2 Å². The Hall–Kier alpha value is -2.09. The highest BCUT2D eigenvalue weighted by atomic mass is 16.4. The molecule has 0 aliphatic heterocycles. The summed E-state index contributed by atoms with van der Waals surface area (Å²) in [5.41, 5.74) is 3.36. The fourth-order valence-corrected chi connectivity index (χ4v) is 2.06. The van der Waals surface area contributed by atoms with Crippen LogP contribution in [0.1, 0.15) is 29.3 Å². The Balaban J connectivity index is 2.39. The molecule has 0 atom stereocenters. The largest absolute Gasteiger partial charge is 0.478 e. The van der Waals surface area contributed by atoms with Gasteiger partial charge >= 0.3 is 5.97 Å². The van der Waals surface area contributed by atoms with Crippen LogP contribution in [0.4, 0.5) is 0 Å². The van der Waals surface area contributed by atoms with Gasteiger partial charge in [0.25, 0.3) is 0 Å². The lowest BCUT2D eigenvalue weighted by molar-refractivity contribution is 0.0697. The predicted molar refractivity (Wildman–Crippen MR) is 72.8 cm³/mol. The molecular weight excluding hydrogens is 224 g/mol. The average molecular weight is 240 g/mol. The molecule has 0 fully saturated rings. The van der Waals surface area contributed by atoms with Crippen molar-refractivity contribution in [3.8, 4) is 11.1 Å². The van der Waals surface area contributed by atoms with Crippen LogP contribution in [-0.2, 0) is 6.42 Å². The maximum atomic E-state index is 11.2. The number of carbonyl (C=O) groups is 1. The number of hydrogen-bond donors (Lipinski definition) is 1. The summed E-state index contributed by atoms with van der Waals surface area (Å²) in [6.07, 6.45) is 2.17. The van der Waals surface area contributed by atoms with Crippen LogP contribution >= 0.6 is 0 Å². The summed E-state index contributed by atoms with van der Waals surface area (Å²) in [6.45, 7) is 2.15. The van der Waals surface area contributed by atoms with Crippen LogP contribution < -0.4 is 0 Å². The Morgan fingerprint density at radius 1 is 1.06 bits per heavy atom. The maximum Gasteiger partial charge on any atom is 0.336 e. The highest BCUT2D eigenvalue weighted by Gasteiger charge is 2.10. The molecule has 0 aromatic heterocycles. The van der Waals surface area contributed by atoms with Crippen LogP contribution in [0.15, 0.2) is 48.5 Å². The van der Waals surface area contributed by atoms with Gasteiger partial charge < -0.3 is 5.11 Å². The van der Waals surface area contributed by atoms with E-state index >= 15 is 0 Å². The van der Waals surface area contributed by atoms with Crippen molar-refractivity contribution < 1.29 is 9.90 Å². The molecule has 0 bridgehead atoms. The van der Waals surface area contributed by atoms with E-state index < -0.39 is 5.97 Å². The molecule has 0 saturated carbocycles. The molecular formula is C16H16O2. The van der Waals surface area contributed by atoms with Crippen molar-refractivity contribution in [1.29, 1.82) is 0 Å². The van der Waals surface area contributed by atoms with Gasteiger partial charge in [0.1, 0.15) is 0 Å². The van der Waals surface area contributed by atoms with Crippen LogP contribution in [0, 0.1) is 0 Å². The Kier molecular flexibility index (Phi) is 3.78. The predicted octanol–water partition coefficient (Wildman–Crippen LogP) is 4.00. The average Bonchev–Trinajstić information content (AvgIpc) is 2.40. The first-order valence-electron chi connectivity index (χ1n) is 6.14. The normalized spacial score (nSPS) is 10.3. The molecule has 0 unspecified atom stereocenters. The van der Waals surface area contributed by atoms with Gasteiger partial charge in [-0.15, -0.1) is 0 Å². The number of carboxylic acids is 1. The molecule has 2 heteroatoms. The monoisotopic (exact) mass is 240 g/mol. The summed E-state index contributed by atoms with van der Waals surface area (Å²) in [4.78, 5) is 11.2. The van der Waals surface area contributed by atoms with E-state index in [0.29, 0.717) is 5.56 Å². The van der Waals surface area contributed by atoms with Gasteiger partial charge in [0.2, 0.25) is 0 Å². The molecule has 1 N–H and O–H groups in total. The minimum Gasteiger partial charge on any atom is -0.478 e. The first kappa shape index (κ1) is 12.4. The van der Waals surface area contributed by atoms with E-state index in [4.69, 9.17) is 5.11 Å². The number of benzene rings is 2. The lowest BCUT2D eigenvalue weighted by atomic mass is 9.98.